The fraction of sp³-hybridized carbons (Fsp3) is 0.647. The molecule has 0 radical (unpaired) electrons. The molecule has 2 unspecified atom stereocenters. The van der Waals surface area contributed by atoms with Crippen LogP contribution in [-0.4, -0.2) is 33.5 Å². The zero-order valence-corrected chi connectivity index (χ0v) is 13.9. The van der Waals surface area contributed by atoms with Crippen LogP contribution in [0.1, 0.15) is 45.2 Å². The Kier molecular flexibility index (Phi) is 8.16. The lowest BCUT2D eigenvalue weighted by Gasteiger charge is -2.23. The van der Waals surface area contributed by atoms with Crippen LogP contribution in [0.5, 0.6) is 11.5 Å². The van der Waals surface area contributed by atoms with Crippen LogP contribution in [0, 0.1) is 0 Å². The molecule has 0 aromatic heterocycles. The Balaban J connectivity index is 2.83. The van der Waals surface area contributed by atoms with E-state index >= 15 is 0 Å². The topological polar surface area (TPSA) is 39.7 Å². The summed E-state index contributed by atoms with van der Waals surface area (Å²) in [5, 5.41) is 3.46. The molecule has 0 aliphatic rings. The zero-order valence-electron chi connectivity index (χ0n) is 13.9. The molecule has 1 aromatic carbocycles. The minimum atomic E-state index is 0.121. The molecular formula is C17H29NO3. The van der Waals surface area contributed by atoms with Crippen molar-refractivity contribution in [1.82, 2.24) is 5.32 Å². The maximum absolute atomic E-state index is 5.96. The summed E-state index contributed by atoms with van der Waals surface area (Å²) in [5.74, 6) is 1.62. The molecule has 0 heterocycles. The molecule has 1 rings (SSSR count). The van der Waals surface area contributed by atoms with Gasteiger partial charge < -0.3 is 19.5 Å². The third kappa shape index (κ3) is 5.56. The molecule has 21 heavy (non-hydrogen) atoms. The maximum atomic E-state index is 5.96. The van der Waals surface area contributed by atoms with Gasteiger partial charge in [-0.2, -0.15) is 0 Å². The minimum absolute atomic E-state index is 0.121. The summed E-state index contributed by atoms with van der Waals surface area (Å²) in [6, 6.07) is 6.03. The van der Waals surface area contributed by atoms with Crippen LogP contribution < -0.4 is 14.8 Å². The number of ether oxygens (including phenoxy) is 3. The van der Waals surface area contributed by atoms with Gasteiger partial charge in [0.25, 0.3) is 0 Å². The van der Waals surface area contributed by atoms with E-state index in [1.807, 2.05) is 18.2 Å². The summed E-state index contributed by atoms with van der Waals surface area (Å²) in [5.41, 5.74) is 1.10. The zero-order chi connectivity index (χ0) is 15.7. The highest BCUT2D eigenvalue weighted by Gasteiger charge is 2.17. The van der Waals surface area contributed by atoms with Crippen molar-refractivity contribution in [2.75, 3.05) is 27.4 Å². The third-order valence-electron chi connectivity index (χ3n) is 3.51. The van der Waals surface area contributed by atoms with Gasteiger partial charge in [-0.3, -0.25) is 0 Å². The van der Waals surface area contributed by atoms with Crippen molar-refractivity contribution in [3.63, 3.8) is 0 Å². The first-order valence-electron chi connectivity index (χ1n) is 7.73. The van der Waals surface area contributed by atoms with Crippen LogP contribution in [0.4, 0.5) is 0 Å². The van der Waals surface area contributed by atoms with E-state index in [9.17, 15) is 0 Å². The first-order chi connectivity index (χ1) is 10.2. The Morgan fingerprint density at radius 3 is 2.48 bits per heavy atom. The lowest BCUT2D eigenvalue weighted by molar-refractivity contribution is 0.0438. The van der Waals surface area contributed by atoms with E-state index in [-0.39, 0.29) is 12.1 Å². The van der Waals surface area contributed by atoms with Gasteiger partial charge in [-0.15, -0.1) is 0 Å². The molecule has 0 spiro atoms. The molecule has 4 nitrogen and oxygen atoms in total. The van der Waals surface area contributed by atoms with Gasteiger partial charge in [0.1, 0.15) is 11.5 Å². The average molecular weight is 295 g/mol. The van der Waals surface area contributed by atoms with Gasteiger partial charge in [0, 0.05) is 11.6 Å². The SMILES string of the molecule is CCCC(C)OCC(NCC)c1ccc(OC)cc1OC. The Labute approximate surface area is 128 Å². The normalized spacial score (nSPS) is 13.8. The number of hydrogen-bond acceptors (Lipinski definition) is 4. The summed E-state index contributed by atoms with van der Waals surface area (Å²) in [6.45, 7) is 7.91. The molecular weight excluding hydrogens is 266 g/mol. The van der Waals surface area contributed by atoms with E-state index in [1.165, 1.54) is 0 Å². The Hall–Kier alpha value is -1.26. The van der Waals surface area contributed by atoms with Crippen molar-refractivity contribution in [3.8, 4) is 11.5 Å². The predicted octanol–water partition coefficient (Wildman–Crippen LogP) is 3.56. The first kappa shape index (κ1) is 17.8. The van der Waals surface area contributed by atoms with Crippen molar-refractivity contribution >= 4 is 0 Å². The van der Waals surface area contributed by atoms with E-state index < -0.39 is 0 Å². The molecule has 4 heteroatoms. The van der Waals surface area contributed by atoms with Gasteiger partial charge in [0.2, 0.25) is 0 Å². The van der Waals surface area contributed by atoms with Crippen LogP contribution in [0.2, 0.25) is 0 Å². The van der Waals surface area contributed by atoms with Crippen LogP contribution >= 0.6 is 0 Å². The summed E-state index contributed by atoms with van der Waals surface area (Å²) >= 11 is 0. The van der Waals surface area contributed by atoms with Gasteiger partial charge in [0.15, 0.2) is 0 Å². The highest BCUT2D eigenvalue weighted by Crippen LogP contribution is 2.30. The van der Waals surface area contributed by atoms with Crippen molar-refractivity contribution in [2.24, 2.45) is 0 Å². The fourth-order valence-electron chi connectivity index (χ4n) is 2.36. The second-order valence-electron chi connectivity index (χ2n) is 5.15. The predicted molar refractivity (Wildman–Crippen MR) is 86.3 cm³/mol. The summed E-state index contributed by atoms with van der Waals surface area (Å²) in [7, 11) is 3.34. The number of methoxy groups -OCH3 is 2. The lowest BCUT2D eigenvalue weighted by Crippen LogP contribution is -2.27. The Bertz CT molecular complexity index is 409. The van der Waals surface area contributed by atoms with Crippen LogP contribution in [-0.2, 0) is 4.74 Å². The van der Waals surface area contributed by atoms with Crippen LogP contribution in [0.25, 0.3) is 0 Å². The number of benzene rings is 1. The smallest absolute Gasteiger partial charge is 0.127 e. The van der Waals surface area contributed by atoms with Crippen molar-refractivity contribution in [1.29, 1.82) is 0 Å². The second-order valence-corrected chi connectivity index (χ2v) is 5.15. The van der Waals surface area contributed by atoms with Gasteiger partial charge in [-0.05, 0) is 32.0 Å². The van der Waals surface area contributed by atoms with Crippen LogP contribution in [0.3, 0.4) is 0 Å². The lowest BCUT2D eigenvalue weighted by atomic mass is 10.1. The molecule has 120 valence electrons. The van der Waals surface area contributed by atoms with Gasteiger partial charge in [-0.1, -0.05) is 20.3 Å². The molecule has 0 aliphatic heterocycles. The van der Waals surface area contributed by atoms with E-state index in [4.69, 9.17) is 14.2 Å². The number of hydrogen-bond donors (Lipinski definition) is 1. The Morgan fingerprint density at radius 1 is 1.14 bits per heavy atom. The van der Waals surface area contributed by atoms with E-state index in [2.05, 4.69) is 26.1 Å². The summed E-state index contributed by atoms with van der Waals surface area (Å²) in [4.78, 5) is 0. The van der Waals surface area contributed by atoms with E-state index in [1.54, 1.807) is 14.2 Å². The van der Waals surface area contributed by atoms with Gasteiger partial charge >= 0.3 is 0 Å². The number of rotatable bonds is 10. The molecule has 1 N–H and O–H groups in total. The molecule has 0 aliphatic carbocycles. The molecule has 2 atom stereocenters. The highest BCUT2D eigenvalue weighted by atomic mass is 16.5. The van der Waals surface area contributed by atoms with Gasteiger partial charge in [-0.25, -0.2) is 0 Å². The highest BCUT2D eigenvalue weighted by molar-refractivity contribution is 5.42. The fourth-order valence-corrected chi connectivity index (χ4v) is 2.36. The molecule has 0 saturated carbocycles. The van der Waals surface area contributed by atoms with Crippen LogP contribution in [0.15, 0.2) is 18.2 Å². The number of likely N-dealkylation sites (N-methyl/N-ethyl adjacent to an activating group) is 1. The summed E-state index contributed by atoms with van der Waals surface area (Å²) in [6.07, 6.45) is 2.50. The molecule has 0 bridgehead atoms. The van der Waals surface area contributed by atoms with E-state index in [0.717, 1.165) is 36.4 Å². The average Bonchev–Trinajstić information content (AvgIpc) is 2.51. The van der Waals surface area contributed by atoms with Crippen molar-refractivity contribution < 1.29 is 14.2 Å². The Morgan fingerprint density at radius 2 is 1.90 bits per heavy atom. The minimum Gasteiger partial charge on any atom is -0.497 e. The summed E-state index contributed by atoms with van der Waals surface area (Å²) < 4.78 is 16.7. The molecule has 0 saturated heterocycles. The van der Waals surface area contributed by atoms with E-state index in [0.29, 0.717) is 6.61 Å². The monoisotopic (exact) mass is 295 g/mol. The molecule has 1 aromatic rings. The first-order valence-corrected chi connectivity index (χ1v) is 7.73. The molecule has 0 amide bonds. The molecule has 0 fully saturated rings. The van der Waals surface area contributed by atoms with Crippen molar-refractivity contribution in [2.45, 2.75) is 45.8 Å². The largest absolute Gasteiger partial charge is 0.497 e. The maximum Gasteiger partial charge on any atom is 0.127 e. The van der Waals surface area contributed by atoms with Gasteiger partial charge in [0.05, 0.1) is 33.0 Å². The quantitative estimate of drug-likeness (QED) is 0.716. The standard InChI is InChI=1S/C17H29NO3/c1-6-8-13(3)21-12-16(18-7-2)15-10-9-14(19-4)11-17(15)20-5/h9-11,13,16,18H,6-8,12H2,1-5H3. The third-order valence-corrected chi connectivity index (χ3v) is 3.51. The second kappa shape index (κ2) is 9.64. The van der Waals surface area contributed by atoms with Crippen molar-refractivity contribution in [3.05, 3.63) is 23.8 Å². The number of nitrogens with one attached hydrogen (secondary N) is 1.